The molecule has 0 aromatic heterocycles. The molecule has 0 aromatic carbocycles. The van der Waals surface area contributed by atoms with Crippen LogP contribution in [0.2, 0.25) is 0 Å². The first-order chi connectivity index (χ1) is 4.46. The zero-order valence-electron chi connectivity index (χ0n) is 6.96. The zero-order chi connectivity index (χ0) is 7.94. The maximum absolute atomic E-state index is 9.57. The zero-order valence-corrected chi connectivity index (χ0v) is 6.96. The van der Waals surface area contributed by atoms with E-state index in [1.54, 1.807) is 0 Å². The van der Waals surface area contributed by atoms with Gasteiger partial charge in [0, 0.05) is 6.04 Å². The fourth-order valence-corrected chi connectivity index (χ4v) is 1.68. The van der Waals surface area contributed by atoms with Crippen molar-refractivity contribution in [2.24, 2.45) is 17.1 Å². The SMILES string of the molecule is CC1C[C@@H](N)[C@H](O)C1(C)C. The molecule has 0 aliphatic heterocycles. The van der Waals surface area contributed by atoms with E-state index in [-0.39, 0.29) is 17.6 Å². The normalized spacial score (nSPS) is 45.9. The summed E-state index contributed by atoms with van der Waals surface area (Å²) in [5, 5.41) is 9.57. The van der Waals surface area contributed by atoms with Crippen LogP contribution in [-0.4, -0.2) is 17.3 Å². The van der Waals surface area contributed by atoms with Gasteiger partial charge in [-0.1, -0.05) is 20.8 Å². The molecular weight excluding hydrogens is 126 g/mol. The molecule has 0 saturated heterocycles. The highest BCUT2D eigenvalue weighted by molar-refractivity contribution is 4.97. The van der Waals surface area contributed by atoms with Gasteiger partial charge in [0.05, 0.1) is 6.10 Å². The van der Waals surface area contributed by atoms with Crippen molar-refractivity contribution in [2.45, 2.75) is 39.3 Å². The molecule has 1 aliphatic rings. The van der Waals surface area contributed by atoms with E-state index in [0.29, 0.717) is 5.92 Å². The van der Waals surface area contributed by atoms with Crippen LogP contribution in [0.15, 0.2) is 0 Å². The smallest absolute Gasteiger partial charge is 0.0744 e. The summed E-state index contributed by atoms with van der Waals surface area (Å²) < 4.78 is 0. The average Bonchev–Trinajstić information content (AvgIpc) is 1.97. The minimum atomic E-state index is -0.317. The Hall–Kier alpha value is -0.0800. The van der Waals surface area contributed by atoms with Gasteiger partial charge in [-0.2, -0.15) is 0 Å². The van der Waals surface area contributed by atoms with Gasteiger partial charge in [0.2, 0.25) is 0 Å². The van der Waals surface area contributed by atoms with Crippen molar-refractivity contribution in [1.82, 2.24) is 0 Å². The van der Waals surface area contributed by atoms with Crippen LogP contribution in [0.1, 0.15) is 27.2 Å². The standard InChI is InChI=1S/C8H17NO/c1-5-4-6(9)7(10)8(5,2)3/h5-7,10H,4,9H2,1-3H3/t5?,6-,7+/m1/s1. The molecule has 3 N–H and O–H groups in total. The third-order valence-electron chi connectivity index (χ3n) is 3.06. The quantitative estimate of drug-likeness (QED) is 0.525. The van der Waals surface area contributed by atoms with E-state index in [4.69, 9.17) is 5.73 Å². The molecule has 0 aromatic rings. The lowest BCUT2D eigenvalue weighted by atomic mass is 9.81. The number of aliphatic hydroxyl groups excluding tert-OH is 1. The number of hydrogen-bond acceptors (Lipinski definition) is 2. The van der Waals surface area contributed by atoms with Gasteiger partial charge in [0.15, 0.2) is 0 Å². The molecule has 10 heavy (non-hydrogen) atoms. The highest BCUT2D eigenvalue weighted by atomic mass is 16.3. The molecule has 0 heterocycles. The molecule has 1 aliphatic carbocycles. The molecule has 60 valence electrons. The molecule has 1 saturated carbocycles. The molecule has 0 radical (unpaired) electrons. The summed E-state index contributed by atoms with van der Waals surface area (Å²) in [4.78, 5) is 0. The van der Waals surface area contributed by atoms with Gasteiger partial charge in [-0.05, 0) is 17.8 Å². The van der Waals surface area contributed by atoms with Gasteiger partial charge in [-0.15, -0.1) is 0 Å². The van der Waals surface area contributed by atoms with Gasteiger partial charge in [-0.25, -0.2) is 0 Å². The van der Waals surface area contributed by atoms with E-state index in [1.807, 2.05) is 0 Å². The Morgan fingerprint density at radius 2 is 2.00 bits per heavy atom. The molecule has 2 nitrogen and oxygen atoms in total. The second-order valence-corrected chi connectivity index (χ2v) is 4.07. The van der Waals surface area contributed by atoms with Gasteiger partial charge < -0.3 is 10.8 Å². The third kappa shape index (κ3) is 0.956. The predicted molar refractivity (Wildman–Crippen MR) is 41.5 cm³/mol. The van der Waals surface area contributed by atoms with E-state index >= 15 is 0 Å². The second kappa shape index (κ2) is 2.21. The highest BCUT2D eigenvalue weighted by Crippen LogP contribution is 2.41. The first-order valence-electron chi connectivity index (χ1n) is 3.90. The maximum Gasteiger partial charge on any atom is 0.0744 e. The molecule has 0 bridgehead atoms. The minimum absolute atomic E-state index is 0.00926. The molecule has 1 rings (SSSR count). The van der Waals surface area contributed by atoms with Crippen molar-refractivity contribution in [1.29, 1.82) is 0 Å². The summed E-state index contributed by atoms with van der Waals surface area (Å²) in [5.74, 6) is 0.539. The molecule has 2 heteroatoms. The summed E-state index contributed by atoms with van der Waals surface area (Å²) in [6, 6.07) is -0.00926. The Bertz CT molecular complexity index is 133. The highest BCUT2D eigenvalue weighted by Gasteiger charge is 2.44. The summed E-state index contributed by atoms with van der Waals surface area (Å²) in [6.45, 7) is 6.31. The second-order valence-electron chi connectivity index (χ2n) is 4.07. The first-order valence-corrected chi connectivity index (χ1v) is 3.90. The maximum atomic E-state index is 9.57. The number of hydrogen-bond donors (Lipinski definition) is 2. The monoisotopic (exact) mass is 143 g/mol. The Balaban J connectivity index is 2.75. The summed E-state index contributed by atoms with van der Waals surface area (Å²) >= 11 is 0. The number of nitrogens with two attached hydrogens (primary N) is 1. The van der Waals surface area contributed by atoms with Crippen LogP contribution in [0.25, 0.3) is 0 Å². The molecule has 0 spiro atoms. The lowest BCUT2D eigenvalue weighted by molar-refractivity contribution is 0.0503. The van der Waals surface area contributed by atoms with Crippen molar-refractivity contribution in [3.63, 3.8) is 0 Å². The summed E-state index contributed by atoms with van der Waals surface area (Å²) in [7, 11) is 0. The molecule has 1 unspecified atom stereocenters. The van der Waals surface area contributed by atoms with Crippen LogP contribution < -0.4 is 5.73 Å². The van der Waals surface area contributed by atoms with Crippen LogP contribution in [0.5, 0.6) is 0 Å². The van der Waals surface area contributed by atoms with Crippen molar-refractivity contribution < 1.29 is 5.11 Å². The first kappa shape index (κ1) is 8.02. The van der Waals surface area contributed by atoms with Crippen molar-refractivity contribution in [3.8, 4) is 0 Å². The topological polar surface area (TPSA) is 46.2 Å². The Morgan fingerprint density at radius 1 is 1.50 bits per heavy atom. The van der Waals surface area contributed by atoms with Crippen LogP contribution in [0.3, 0.4) is 0 Å². The van der Waals surface area contributed by atoms with Crippen molar-refractivity contribution in [2.75, 3.05) is 0 Å². The van der Waals surface area contributed by atoms with Crippen LogP contribution in [-0.2, 0) is 0 Å². The summed E-state index contributed by atoms with van der Waals surface area (Å²) in [6.07, 6.45) is 0.635. The van der Waals surface area contributed by atoms with Gasteiger partial charge in [0.1, 0.15) is 0 Å². The number of aliphatic hydroxyl groups is 1. The van der Waals surface area contributed by atoms with Gasteiger partial charge >= 0.3 is 0 Å². The Morgan fingerprint density at radius 3 is 2.10 bits per heavy atom. The Kier molecular flexibility index (Phi) is 1.77. The molecule has 3 atom stereocenters. The fraction of sp³-hybridized carbons (Fsp3) is 1.00. The Labute approximate surface area is 62.4 Å². The largest absolute Gasteiger partial charge is 0.391 e. The van der Waals surface area contributed by atoms with Crippen molar-refractivity contribution >= 4 is 0 Å². The lowest BCUT2D eigenvalue weighted by Crippen LogP contribution is -2.37. The summed E-state index contributed by atoms with van der Waals surface area (Å²) in [5.41, 5.74) is 5.71. The van der Waals surface area contributed by atoms with E-state index < -0.39 is 0 Å². The number of rotatable bonds is 0. The minimum Gasteiger partial charge on any atom is -0.391 e. The van der Waals surface area contributed by atoms with Crippen LogP contribution in [0.4, 0.5) is 0 Å². The van der Waals surface area contributed by atoms with E-state index in [1.165, 1.54) is 0 Å². The molecule has 0 amide bonds. The third-order valence-corrected chi connectivity index (χ3v) is 3.06. The van der Waals surface area contributed by atoms with Crippen LogP contribution in [0, 0.1) is 11.3 Å². The van der Waals surface area contributed by atoms with E-state index in [0.717, 1.165) is 6.42 Å². The lowest BCUT2D eigenvalue weighted by Gasteiger charge is -2.27. The van der Waals surface area contributed by atoms with Gasteiger partial charge in [0.25, 0.3) is 0 Å². The predicted octanol–water partition coefficient (Wildman–Crippen LogP) is 0.741. The molecule has 1 fully saturated rings. The van der Waals surface area contributed by atoms with Crippen molar-refractivity contribution in [3.05, 3.63) is 0 Å². The van der Waals surface area contributed by atoms with E-state index in [2.05, 4.69) is 20.8 Å². The van der Waals surface area contributed by atoms with Gasteiger partial charge in [-0.3, -0.25) is 0 Å². The van der Waals surface area contributed by atoms with Crippen LogP contribution >= 0.6 is 0 Å². The fourth-order valence-electron chi connectivity index (χ4n) is 1.68. The average molecular weight is 143 g/mol. The molecular formula is C8H17NO. The van der Waals surface area contributed by atoms with E-state index in [9.17, 15) is 5.11 Å².